The van der Waals surface area contributed by atoms with Crippen molar-refractivity contribution >= 4 is 17.5 Å². The standard InChI is InChI=1S/C13H16N2O2/c1-2-15-12(16)7-10(8-13(15)17)9-3-5-11(14)6-4-9/h3-6,10H,2,7-8,14H2,1H3. The summed E-state index contributed by atoms with van der Waals surface area (Å²) >= 11 is 0. The van der Waals surface area contributed by atoms with Crippen molar-refractivity contribution in [2.24, 2.45) is 0 Å². The zero-order chi connectivity index (χ0) is 12.4. The largest absolute Gasteiger partial charge is 0.399 e. The Balaban J connectivity index is 2.17. The summed E-state index contributed by atoms with van der Waals surface area (Å²) in [6.45, 7) is 2.28. The predicted octanol–water partition coefficient (Wildman–Crippen LogP) is 1.52. The van der Waals surface area contributed by atoms with Gasteiger partial charge in [-0.15, -0.1) is 0 Å². The van der Waals surface area contributed by atoms with Gasteiger partial charge in [-0.25, -0.2) is 0 Å². The molecule has 0 aliphatic carbocycles. The Hall–Kier alpha value is -1.84. The second kappa shape index (κ2) is 4.57. The van der Waals surface area contributed by atoms with Gasteiger partial charge in [0.2, 0.25) is 11.8 Å². The molecule has 4 heteroatoms. The summed E-state index contributed by atoms with van der Waals surface area (Å²) in [5, 5.41) is 0. The average Bonchev–Trinajstić information content (AvgIpc) is 2.29. The van der Waals surface area contributed by atoms with Gasteiger partial charge < -0.3 is 5.73 Å². The van der Waals surface area contributed by atoms with Crippen LogP contribution in [0.2, 0.25) is 0 Å². The first-order chi connectivity index (χ1) is 8.11. The number of hydrogen-bond donors (Lipinski definition) is 1. The molecule has 1 aliphatic rings. The second-order valence-corrected chi connectivity index (χ2v) is 4.30. The summed E-state index contributed by atoms with van der Waals surface area (Å²) < 4.78 is 0. The zero-order valence-corrected chi connectivity index (χ0v) is 9.85. The van der Waals surface area contributed by atoms with Crippen LogP contribution in [0.1, 0.15) is 31.2 Å². The van der Waals surface area contributed by atoms with Gasteiger partial charge in [0.25, 0.3) is 0 Å². The topological polar surface area (TPSA) is 63.4 Å². The molecular formula is C13H16N2O2. The van der Waals surface area contributed by atoms with E-state index in [9.17, 15) is 9.59 Å². The third-order valence-electron chi connectivity index (χ3n) is 3.17. The average molecular weight is 232 g/mol. The number of carbonyl (C=O) groups is 2. The molecular weight excluding hydrogens is 216 g/mol. The second-order valence-electron chi connectivity index (χ2n) is 4.30. The number of hydrogen-bond acceptors (Lipinski definition) is 3. The zero-order valence-electron chi connectivity index (χ0n) is 9.85. The van der Waals surface area contributed by atoms with Gasteiger partial charge in [0.05, 0.1) is 0 Å². The first-order valence-corrected chi connectivity index (χ1v) is 5.80. The highest BCUT2D eigenvalue weighted by molar-refractivity contribution is 5.98. The molecule has 0 atom stereocenters. The molecule has 17 heavy (non-hydrogen) atoms. The molecule has 1 fully saturated rings. The van der Waals surface area contributed by atoms with E-state index in [-0.39, 0.29) is 17.7 Å². The van der Waals surface area contributed by atoms with E-state index in [4.69, 9.17) is 5.73 Å². The lowest BCUT2D eigenvalue weighted by atomic mass is 9.88. The molecule has 1 aromatic carbocycles. The minimum atomic E-state index is -0.0782. The number of rotatable bonds is 2. The van der Waals surface area contributed by atoms with Gasteiger partial charge in [0, 0.05) is 31.0 Å². The normalized spacial score (nSPS) is 17.6. The lowest BCUT2D eigenvalue weighted by molar-refractivity contribution is -0.148. The Morgan fingerprint density at radius 3 is 2.18 bits per heavy atom. The van der Waals surface area contributed by atoms with Gasteiger partial charge in [-0.2, -0.15) is 0 Å². The molecule has 2 amide bonds. The van der Waals surface area contributed by atoms with Gasteiger partial charge in [-0.05, 0) is 24.6 Å². The van der Waals surface area contributed by atoms with Crippen LogP contribution in [0.15, 0.2) is 24.3 Å². The fourth-order valence-electron chi connectivity index (χ4n) is 2.21. The predicted molar refractivity (Wildman–Crippen MR) is 65.2 cm³/mol. The number of carbonyl (C=O) groups excluding carboxylic acids is 2. The van der Waals surface area contributed by atoms with Crippen LogP contribution in [0, 0.1) is 0 Å². The minimum Gasteiger partial charge on any atom is -0.399 e. The molecule has 1 aliphatic heterocycles. The molecule has 1 heterocycles. The highest BCUT2D eigenvalue weighted by Gasteiger charge is 2.31. The van der Waals surface area contributed by atoms with E-state index in [1.807, 2.05) is 19.1 Å². The van der Waals surface area contributed by atoms with Crippen LogP contribution in [0.25, 0.3) is 0 Å². The maximum absolute atomic E-state index is 11.8. The monoisotopic (exact) mass is 232 g/mol. The number of nitrogens with zero attached hydrogens (tertiary/aromatic N) is 1. The highest BCUT2D eigenvalue weighted by atomic mass is 16.2. The van der Waals surface area contributed by atoms with Crippen LogP contribution in [0.4, 0.5) is 5.69 Å². The highest BCUT2D eigenvalue weighted by Crippen LogP contribution is 2.29. The fourth-order valence-corrected chi connectivity index (χ4v) is 2.21. The third-order valence-corrected chi connectivity index (χ3v) is 3.17. The number of amides is 2. The van der Waals surface area contributed by atoms with E-state index in [1.54, 1.807) is 12.1 Å². The molecule has 2 N–H and O–H groups in total. The summed E-state index contributed by atoms with van der Waals surface area (Å²) in [5.74, 6) is -0.158. The van der Waals surface area contributed by atoms with Crippen LogP contribution in [0.5, 0.6) is 0 Å². The number of anilines is 1. The lowest BCUT2D eigenvalue weighted by Crippen LogP contribution is -2.42. The van der Waals surface area contributed by atoms with Crippen LogP contribution in [0.3, 0.4) is 0 Å². The maximum atomic E-state index is 11.8. The Labute approximate surface area is 100 Å². The first kappa shape index (κ1) is 11.6. The number of piperidine rings is 1. The third kappa shape index (κ3) is 2.30. The van der Waals surface area contributed by atoms with Gasteiger partial charge >= 0.3 is 0 Å². The van der Waals surface area contributed by atoms with Gasteiger partial charge in [0.15, 0.2) is 0 Å². The van der Waals surface area contributed by atoms with Crippen LogP contribution < -0.4 is 5.73 Å². The molecule has 1 aromatic rings. The number of imide groups is 1. The van der Waals surface area contributed by atoms with Crippen molar-refractivity contribution in [1.29, 1.82) is 0 Å². The summed E-state index contributed by atoms with van der Waals surface area (Å²) in [6, 6.07) is 7.39. The van der Waals surface area contributed by atoms with E-state index >= 15 is 0 Å². The van der Waals surface area contributed by atoms with Crippen molar-refractivity contribution in [3.05, 3.63) is 29.8 Å². The van der Waals surface area contributed by atoms with Gasteiger partial charge in [-0.1, -0.05) is 12.1 Å². The smallest absolute Gasteiger partial charge is 0.229 e. The molecule has 90 valence electrons. The van der Waals surface area contributed by atoms with E-state index in [1.165, 1.54) is 4.90 Å². The first-order valence-electron chi connectivity index (χ1n) is 5.80. The Morgan fingerprint density at radius 2 is 1.71 bits per heavy atom. The number of likely N-dealkylation sites (tertiary alicyclic amines) is 1. The lowest BCUT2D eigenvalue weighted by Gasteiger charge is -2.29. The van der Waals surface area contributed by atoms with E-state index in [0.717, 1.165) is 5.56 Å². The van der Waals surface area contributed by atoms with Crippen molar-refractivity contribution < 1.29 is 9.59 Å². The fraction of sp³-hybridized carbons (Fsp3) is 0.385. The molecule has 2 rings (SSSR count). The van der Waals surface area contributed by atoms with Gasteiger partial charge in [0.1, 0.15) is 0 Å². The van der Waals surface area contributed by atoms with E-state index < -0.39 is 0 Å². The van der Waals surface area contributed by atoms with Crippen LogP contribution >= 0.6 is 0 Å². The molecule has 0 spiro atoms. The van der Waals surface area contributed by atoms with E-state index in [2.05, 4.69) is 0 Å². The van der Waals surface area contributed by atoms with Crippen molar-refractivity contribution in [2.75, 3.05) is 12.3 Å². The molecule has 1 saturated heterocycles. The van der Waals surface area contributed by atoms with Crippen LogP contribution in [-0.4, -0.2) is 23.3 Å². The molecule has 0 saturated carbocycles. The SMILES string of the molecule is CCN1C(=O)CC(c2ccc(N)cc2)CC1=O. The Morgan fingerprint density at radius 1 is 1.18 bits per heavy atom. The Bertz CT molecular complexity index is 421. The molecule has 0 unspecified atom stereocenters. The summed E-state index contributed by atoms with van der Waals surface area (Å²) in [4.78, 5) is 24.9. The summed E-state index contributed by atoms with van der Waals surface area (Å²) in [7, 11) is 0. The summed E-state index contributed by atoms with van der Waals surface area (Å²) in [5.41, 5.74) is 7.32. The van der Waals surface area contributed by atoms with Crippen molar-refractivity contribution in [3.8, 4) is 0 Å². The van der Waals surface area contributed by atoms with Crippen molar-refractivity contribution in [2.45, 2.75) is 25.7 Å². The molecule has 0 bridgehead atoms. The Kier molecular flexibility index (Phi) is 3.13. The van der Waals surface area contributed by atoms with Crippen molar-refractivity contribution in [3.63, 3.8) is 0 Å². The minimum absolute atomic E-state index is 0.00148. The molecule has 0 aromatic heterocycles. The summed E-state index contributed by atoms with van der Waals surface area (Å²) in [6.07, 6.45) is 0.812. The number of nitrogens with two attached hydrogens (primary N) is 1. The number of benzene rings is 1. The van der Waals surface area contributed by atoms with E-state index in [0.29, 0.717) is 25.1 Å². The number of nitrogen functional groups attached to an aromatic ring is 1. The van der Waals surface area contributed by atoms with Crippen molar-refractivity contribution in [1.82, 2.24) is 4.90 Å². The molecule has 0 radical (unpaired) electrons. The molecule has 4 nitrogen and oxygen atoms in total. The van der Waals surface area contributed by atoms with Crippen LogP contribution in [-0.2, 0) is 9.59 Å². The quantitative estimate of drug-likeness (QED) is 0.621. The van der Waals surface area contributed by atoms with Gasteiger partial charge in [-0.3, -0.25) is 14.5 Å². The maximum Gasteiger partial charge on any atom is 0.229 e.